The molecule has 1 saturated heterocycles. The summed E-state index contributed by atoms with van der Waals surface area (Å²) in [7, 11) is 0. The predicted molar refractivity (Wildman–Crippen MR) is 102 cm³/mol. The van der Waals surface area contributed by atoms with E-state index in [1.54, 1.807) is 11.3 Å². The van der Waals surface area contributed by atoms with Crippen molar-refractivity contribution >= 4 is 17.2 Å². The molecule has 1 saturated carbocycles. The second kappa shape index (κ2) is 7.89. The average Bonchev–Trinajstić information content (AvgIpc) is 3.12. The maximum Gasteiger partial charge on any atom is 0.237 e. The molecule has 0 N–H and O–H groups in total. The van der Waals surface area contributed by atoms with Crippen molar-refractivity contribution < 1.29 is 9.18 Å². The van der Waals surface area contributed by atoms with E-state index in [1.807, 2.05) is 12.1 Å². The van der Waals surface area contributed by atoms with E-state index in [0.29, 0.717) is 13.1 Å². The molecule has 2 aromatic rings. The van der Waals surface area contributed by atoms with Crippen LogP contribution in [0.2, 0.25) is 0 Å². The maximum absolute atomic E-state index is 13.2. The molecule has 1 atom stereocenters. The van der Waals surface area contributed by atoms with Crippen molar-refractivity contribution in [1.82, 2.24) is 9.80 Å². The summed E-state index contributed by atoms with van der Waals surface area (Å²) < 4.78 is 13.2. The maximum atomic E-state index is 13.2. The van der Waals surface area contributed by atoms with Gasteiger partial charge in [-0.15, -0.1) is 11.3 Å². The Morgan fingerprint density at radius 3 is 2.69 bits per heavy atom. The van der Waals surface area contributed by atoms with Crippen LogP contribution in [-0.4, -0.2) is 35.3 Å². The molecule has 2 fully saturated rings. The van der Waals surface area contributed by atoms with E-state index in [4.69, 9.17) is 0 Å². The molecule has 138 valence electrons. The van der Waals surface area contributed by atoms with Crippen LogP contribution in [0.15, 0.2) is 41.8 Å². The smallest absolute Gasteiger partial charge is 0.237 e. The van der Waals surface area contributed by atoms with Gasteiger partial charge >= 0.3 is 0 Å². The van der Waals surface area contributed by atoms with E-state index in [0.717, 1.165) is 37.4 Å². The summed E-state index contributed by atoms with van der Waals surface area (Å²) >= 11 is 1.74. The molecule has 4 rings (SSSR count). The SMILES string of the molecule is O=C(CN(Cc1ccc(F)cc1)CC1CC1)N1CCCC1c1cccs1. The molecule has 2 heterocycles. The Bertz CT molecular complexity index is 727. The van der Waals surface area contributed by atoms with Gasteiger partial charge in [0, 0.05) is 24.5 Å². The Labute approximate surface area is 158 Å². The van der Waals surface area contributed by atoms with Gasteiger partial charge in [0.1, 0.15) is 5.82 Å². The fourth-order valence-electron chi connectivity index (χ4n) is 3.82. The highest BCUT2D eigenvalue weighted by molar-refractivity contribution is 7.10. The van der Waals surface area contributed by atoms with Gasteiger partial charge in [-0.05, 0) is 60.7 Å². The van der Waals surface area contributed by atoms with Crippen molar-refractivity contribution in [3.05, 3.63) is 58.0 Å². The third-order valence-corrected chi connectivity index (χ3v) is 6.31. The van der Waals surface area contributed by atoms with Crippen LogP contribution in [0.25, 0.3) is 0 Å². The Morgan fingerprint density at radius 1 is 1.19 bits per heavy atom. The molecule has 0 spiro atoms. The molecule has 1 amide bonds. The molecule has 0 bridgehead atoms. The van der Waals surface area contributed by atoms with E-state index >= 15 is 0 Å². The van der Waals surface area contributed by atoms with Gasteiger partial charge in [-0.25, -0.2) is 4.39 Å². The van der Waals surface area contributed by atoms with Crippen LogP contribution in [0.1, 0.15) is 42.2 Å². The van der Waals surface area contributed by atoms with Gasteiger partial charge in [-0.1, -0.05) is 18.2 Å². The lowest BCUT2D eigenvalue weighted by Gasteiger charge is -2.28. The van der Waals surface area contributed by atoms with E-state index < -0.39 is 0 Å². The average molecular weight is 373 g/mol. The van der Waals surface area contributed by atoms with Crippen LogP contribution in [0.4, 0.5) is 4.39 Å². The molecule has 2 aliphatic rings. The fourth-order valence-corrected chi connectivity index (χ4v) is 4.70. The van der Waals surface area contributed by atoms with Crippen LogP contribution in [0, 0.1) is 11.7 Å². The molecule has 5 heteroatoms. The molecule has 0 radical (unpaired) electrons. The van der Waals surface area contributed by atoms with Crippen LogP contribution >= 0.6 is 11.3 Å². The molecule has 1 aliphatic heterocycles. The van der Waals surface area contributed by atoms with Crippen molar-refractivity contribution in [3.63, 3.8) is 0 Å². The van der Waals surface area contributed by atoms with Gasteiger partial charge in [-0.2, -0.15) is 0 Å². The first-order valence-electron chi connectivity index (χ1n) is 9.49. The van der Waals surface area contributed by atoms with Crippen LogP contribution < -0.4 is 0 Å². The summed E-state index contributed by atoms with van der Waals surface area (Å²) in [5.41, 5.74) is 1.07. The van der Waals surface area contributed by atoms with Gasteiger partial charge in [-0.3, -0.25) is 9.69 Å². The molecule has 1 aromatic carbocycles. The molecular weight excluding hydrogens is 347 g/mol. The highest BCUT2D eigenvalue weighted by Crippen LogP contribution is 2.35. The fraction of sp³-hybridized carbons (Fsp3) is 0.476. The van der Waals surface area contributed by atoms with Gasteiger partial charge < -0.3 is 4.90 Å². The second-order valence-electron chi connectivity index (χ2n) is 7.50. The number of thiophene rings is 1. The Hall–Kier alpha value is -1.72. The van der Waals surface area contributed by atoms with Crippen molar-refractivity contribution in [3.8, 4) is 0 Å². The minimum absolute atomic E-state index is 0.213. The zero-order valence-corrected chi connectivity index (χ0v) is 15.8. The molecular formula is C21H25FN2OS. The van der Waals surface area contributed by atoms with Crippen molar-refractivity contribution in [2.45, 2.75) is 38.3 Å². The highest BCUT2D eigenvalue weighted by atomic mass is 32.1. The summed E-state index contributed by atoms with van der Waals surface area (Å²) in [6, 6.07) is 11.1. The number of amides is 1. The van der Waals surface area contributed by atoms with Crippen LogP contribution in [0.3, 0.4) is 0 Å². The number of benzene rings is 1. The van der Waals surface area contributed by atoms with Gasteiger partial charge in [0.15, 0.2) is 0 Å². The summed E-state index contributed by atoms with van der Waals surface area (Å²) in [6.07, 6.45) is 4.66. The first-order chi connectivity index (χ1) is 12.7. The zero-order chi connectivity index (χ0) is 17.9. The summed E-state index contributed by atoms with van der Waals surface area (Å²) in [6.45, 7) is 2.98. The van der Waals surface area contributed by atoms with E-state index in [1.165, 1.54) is 29.9 Å². The van der Waals surface area contributed by atoms with Crippen molar-refractivity contribution in [2.24, 2.45) is 5.92 Å². The predicted octanol–water partition coefficient (Wildman–Crippen LogP) is 4.46. The van der Waals surface area contributed by atoms with Gasteiger partial charge in [0.25, 0.3) is 0 Å². The zero-order valence-electron chi connectivity index (χ0n) is 14.9. The third-order valence-electron chi connectivity index (χ3n) is 5.34. The van der Waals surface area contributed by atoms with Crippen molar-refractivity contribution in [2.75, 3.05) is 19.6 Å². The van der Waals surface area contributed by atoms with E-state index in [-0.39, 0.29) is 17.8 Å². The first kappa shape index (κ1) is 17.7. The Kier molecular flexibility index (Phi) is 5.36. The monoisotopic (exact) mass is 372 g/mol. The molecule has 26 heavy (non-hydrogen) atoms. The number of carbonyl (C=O) groups is 1. The molecule has 3 nitrogen and oxygen atoms in total. The van der Waals surface area contributed by atoms with Crippen LogP contribution in [-0.2, 0) is 11.3 Å². The number of hydrogen-bond acceptors (Lipinski definition) is 3. The number of rotatable bonds is 7. The minimum atomic E-state index is -0.213. The topological polar surface area (TPSA) is 23.6 Å². The van der Waals surface area contributed by atoms with Crippen molar-refractivity contribution in [1.29, 1.82) is 0 Å². The lowest BCUT2D eigenvalue weighted by molar-refractivity contribution is -0.133. The number of likely N-dealkylation sites (tertiary alicyclic amines) is 1. The normalized spacial score (nSPS) is 20.1. The molecule has 1 unspecified atom stereocenters. The van der Waals surface area contributed by atoms with E-state index in [9.17, 15) is 9.18 Å². The number of nitrogens with zero attached hydrogens (tertiary/aromatic N) is 2. The minimum Gasteiger partial charge on any atom is -0.334 e. The van der Waals surface area contributed by atoms with E-state index in [2.05, 4.69) is 27.3 Å². The highest BCUT2D eigenvalue weighted by Gasteiger charge is 2.32. The van der Waals surface area contributed by atoms with Gasteiger partial charge in [0.05, 0.1) is 12.6 Å². The summed E-state index contributed by atoms with van der Waals surface area (Å²) in [4.78, 5) is 18.6. The summed E-state index contributed by atoms with van der Waals surface area (Å²) in [5, 5.41) is 2.09. The number of hydrogen-bond donors (Lipinski definition) is 0. The second-order valence-corrected chi connectivity index (χ2v) is 8.48. The molecule has 1 aromatic heterocycles. The Balaban J connectivity index is 1.42. The first-order valence-corrected chi connectivity index (χ1v) is 10.4. The summed E-state index contributed by atoms with van der Waals surface area (Å²) in [5.74, 6) is 0.730. The van der Waals surface area contributed by atoms with Gasteiger partial charge in [0.2, 0.25) is 5.91 Å². The largest absolute Gasteiger partial charge is 0.334 e. The lowest BCUT2D eigenvalue weighted by Crippen LogP contribution is -2.40. The Morgan fingerprint density at radius 2 is 2.00 bits per heavy atom. The third kappa shape index (κ3) is 4.33. The molecule has 1 aliphatic carbocycles. The lowest BCUT2D eigenvalue weighted by atomic mass is 10.1. The van der Waals surface area contributed by atoms with Crippen LogP contribution in [0.5, 0.6) is 0 Å². The standard InChI is InChI=1S/C21H25FN2OS/c22-18-9-7-17(8-10-18)14-23(13-16-5-6-16)15-21(25)24-11-1-3-19(24)20-4-2-12-26-20/h2,4,7-10,12,16,19H,1,3,5-6,11,13-15H2. The number of halogens is 1. The quantitative estimate of drug-likeness (QED) is 0.716. The number of carbonyl (C=O) groups excluding carboxylic acids is 1.